The van der Waals surface area contributed by atoms with E-state index >= 15 is 0 Å². The summed E-state index contributed by atoms with van der Waals surface area (Å²) < 4.78 is 10.6. The predicted octanol–water partition coefficient (Wildman–Crippen LogP) is 3.42. The second kappa shape index (κ2) is 9.79. The van der Waals surface area contributed by atoms with Crippen LogP contribution in [0.2, 0.25) is 5.02 Å². The Bertz CT molecular complexity index is 1150. The highest BCUT2D eigenvalue weighted by Crippen LogP contribution is 2.22. The SMILES string of the molecule is COc1cccc(C(=O)N(CC(=O)N2CC(=O)N(c3ccc(Cl)cc3)C2)Cc2ccco2)c1. The number of ether oxygens (including phenoxy) is 1. The Labute approximate surface area is 195 Å². The number of carbonyl (C=O) groups excluding carboxylic acids is 3. The summed E-state index contributed by atoms with van der Waals surface area (Å²) >= 11 is 5.93. The Morgan fingerprint density at radius 2 is 1.91 bits per heavy atom. The number of carbonyl (C=O) groups is 3. The van der Waals surface area contributed by atoms with Gasteiger partial charge in [-0.1, -0.05) is 17.7 Å². The highest BCUT2D eigenvalue weighted by Gasteiger charge is 2.33. The summed E-state index contributed by atoms with van der Waals surface area (Å²) in [5.41, 5.74) is 1.04. The normalized spacial score (nSPS) is 13.3. The largest absolute Gasteiger partial charge is 0.497 e. The zero-order valence-electron chi connectivity index (χ0n) is 17.9. The number of nitrogens with zero attached hydrogens (tertiary/aromatic N) is 3. The number of hydrogen-bond donors (Lipinski definition) is 0. The van der Waals surface area contributed by atoms with Gasteiger partial charge in [-0.25, -0.2) is 0 Å². The van der Waals surface area contributed by atoms with Gasteiger partial charge in [0.2, 0.25) is 11.8 Å². The summed E-state index contributed by atoms with van der Waals surface area (Å²) in [6, 6.07) is 17.0. The van der Waals surface area contributed by atoms with Crippen LogP contribution >= 0.6 is 11.6 Å². The second-order valence-electron chi connectivity index (χ2n) is 7.50. The summed E-state index contributed by atoms with van der Waals surface area (Å²) in [5.74, 6) is 0.178. The molecule has 33 heavy (non-hydrogen) atoms. The van der Waals surface area contributed by atoms with E-state index in [2.05, 4.69) is 0 Å². The molecular weight excluding hydrogens is 446 g/mol. The lowest BCUT2D eigenvalue weighted by Crippen LogP contribution is -2.42. The van der Waals surface area contributed by atoms with E-state index in [-0.39, 0.29) is 44.0 Å². The summed E-state index contributed by atoms with van der Waals surface area (Å²) in [7, 11) is 1.52. The molecule has 0 atom stereocenters. The standard InChI is InChI=1S/C24H22ClN3O5/c1-32-20-5-2-4-17(12-20)24(31)26(13-21-6-3-11-33-21)14-22(29)27-15-23(30)28(16-27)19-9-7-18(25)8-10-19/h2-12H,13-16H2,1H3. The van der Waals surface area contributed by atoms with Crippen LogP contribution in [0.25, 0.3) is 0 Å². The van der Waals surface area contributed by atoms with Crippen molar-refractivity contribution in [1.29, 1.82) is 0 Å². The fourth-order valence-electron chi connectivity index (χ4n) is 3.55. The molecule has 2 aromatic carbocycles. The quantitative estimate of drug-likeness (QED) is 0.531. The maximum Gasteiger partial charge on any atom is 0.254 e. The average molecular weight is 468 g/mol. The lowest BCUT2D eigenvalue weighted by molar-refractivity contribution is -0.132. The summed E-state index contributed by atoms with van der Waals surface area (Å²) in [6.07, 6.45) is 1.51. The lowest BCUT2D eigenvalue weighted by Gasteiger charge is -2.24. The molecule has 3 aromatic rings. The van der Waals surface area contributed by atoms with Gasteiger partial charge in [0.1, 0.15) is 31.3 Å². The van der Waals surface area contributed by atoms with Gasteiger partial charge >= 0.3 is 0 Å². The minimum absolute atomic E-state index is 0.0661. The second-order valence-corrected chi connectivity index (χ2v) is 7.94. The molecular formula is C24H22ClN3O5. The number of anilines is 1. The van der Waals surface area contributed by atoms with Crippen LogP contribution in [-0.4, -0.2) is 54.4 Å². The van der Waals surface area contributed by atoms with Crippen LogP contribution in [0, 0.1) is 0 Å². The first-order valence-corrected chi connectivity index (χ1v) is 10.6. The Balaban J connectivity index is 1.50. The molecule has 8 nitrogen and oxygen atoms in total. The molecule has 1 saturated heterocycles. The van der Waals surface area contributed by atoms with Crippen molar-refractivity contribution in [3.8, 4) is 5.75 Å². The first-order valence-electron chi connectivity index (χ1n) is 10.2. The Morgan fingerprint density at radius 3 is 2.61 bits per heavy atom. The fraction of sp³-hybridized carbons (Fsp3) is 0.208. The molecule has 2 heterocycles. The molecule has 0 bridgehead atoms. The van der Waals surface area contributed by atoms with Crippen LogP contribution < -0.4 is 9.64 Å². The first kappa shape index (κ1) is 22.4. The number of amides is 3. The van der Waals surface area contributed by atoms with Gasteiger partial charge in [0.05, 0.1) is 19.9 Å². The molecule has 0 unspecified atom stereocenters. The zero-order valence-corrected chi connectivity index (χ0v) is 18.7. The van der Waals surface area contributed by atoms with Crippen LogP contribution in [-0.2, 0) is 16.1 Å². The predicted molar refractivity (Wildman–Crippen MR) is 122 cm³/mol. The third-order valence-electron chi connectivity index (χ3n) is 5.29. The van der Waals surface area contributed by atoms with Gasteiger partial charge in [-0.3, -0.25) is 19.3 Å². The number of hydrogen-bond acceptors (Lipinski definition) is 5. The molecule has 1 aromatic heterocycles. The highest BCUT2D eigenvalue weighted by atomic mass is 35.5. The van der Waals surface area contributed by atoms with Crippen molar-refractivity contribution >= 4 is 35.0 Å². The molecule has 1 aliphatic heterocycles. The number of rotatable bonds is 7. The molecule has 170 valence electrons. The molecule has 0 aliphatic carbocycles. The molecule has 0 saturated carbocycles. The Hall–Kier alpha value is -3.78. The molecule has 1 aliphatic rings. The molecule has 0 radical (unpaired) electrons. The van der Waals surface area contributed by atoms with E-state index in [0.717, 1.165) is 0 Å². The van der Waals surface area contributed by atoms with Gasteiger partial charge in [0, 0.05) is 16.3 Å². The number of benzene rings is 2. The van der Waals surface area contributed by atoms with Crippen molar-refractivity contribution in [2.45, 2.75) is 6.54 Å². The molecule has 0 N–H and O–H groups in total. The van der Waals surface area contributed by atoms with Crippen molar-refractivity contribution < 1.29 is 23.5 Å². The smallest absolute Gasteiger partial charge is 0.254 e. The summed E-state index contributed by atoms with van der Waals surface area (Å²) in [6.45, 7) is -0.0689. The zero-order chi connectivity index (χ0) is 23.4. The molecule has 4 rings (SSSR count). The van der Waals surface area contributed by atoms with E-state index in [1.807, 2.05) is 0 Å². The maximum atomic E-state index is 13.2. The van der Waals surface area contributed by atoms with Crippen molar-refractivity contribution in [2.75, 3.05) is 31.8 Å². The number of furan rings is 1. The topological polar surface area (TPSA) is 83.3 Å². The third-order valence-corrected chi connectivity index (χ3v) is 5.54. The first-order chi connectivity index (χ1) is 15.9. The van der Waals surface area contributed by atoms with E-state index in [9.17, 15) is 14.4 Å². The number of halogens is 1. The van der Waals surface area contributed by atoms with E-state index in [1.165, 1.54) is 28.1 Å². The molecule has 9 heteroatoms. The van der Waals surface area contributed by atoms with Crippen LogP contribution in [0.15, 0.2) is 71.3 Å². The van der Waals surface area contributed by atoms with Crippen molar-refractivity contribution in [2.24, 2.45) is 0 Å². The third kappa shape index (κ3) is 5.18. The van der Waals surface area contributed by atoms with Crippen molar-refractivity contribution in [3.63, 3.8) is 0 Å². The van der Waals surface area contributed by atoms with Crippen LogP contribution in [0.4, 0.5) is 5.69 Å². The summed E-state index contributed by atoms with van der Waals surface area (Å²) in [4.78, 5) is 43.2. The fourth-order valence-corrected chi connectivity index (χ4v) is 3.68. The molecule has 1 fully saturated rings. The average Bonchev–Trinajstić information content (AvgIpc) is 3.48. The van der Waals surface area contributed by atoms with Crippen molar-refractivity contribution in [3.05, 3.63) is 83.3 Å². The van der Waals surface area contributed by atoms with Gasteiger partial charge in [-0.2, -0.15) is 0 Å². The van der Waals surface area contributed by atoms with Gasteiger partial charge in [-0.15, -0.1) is 0 Å². The van der Waals surface area contributed by atoms with E-state index in [0.29, 0.717) is 27.8 Å². The Kier molecular flexibility index (Phi) is 6.65. The minimum atomic E-state index is -0.348. The highest BCUT2D eigenvalue weighted by molar-refractivity contribution is 6.30. The maximum absolute atomic E-state index is 13.2. The van der Waals surface area contributed by atoms with Crippen molar-refractivity contribution in [1.82, 2.24) is 9.80 Å². The van der Waals surface area contributed by atoms with Gasteiger partial charge < -0.3 is 19.0 Å². The number of methoxy groups -OCH3 is 1. The molecule has 3 amide bonds. The van der Waals surface area contributed by atoms with E-state index < -0.39 is 0 Å². The van der Waals surface area contributed by atoms with Crippen LogP contribution in [0.3, 0.4) is 0 Å². The van der Waals surface area contributed by atoms with Gasteiger partial charge in [0.25, 0.3) is 5.91 Å². The van der Waals surface area contributed by atoms with Gasteiger partial charge in [-0.05, 0) is 54.6 Å². The summed E-state index contributed by atoms with van der Waals surface area (Å²) in [5, 5.41) is 0.558. The minimum Gasteiger partial charge on any atom is -0.497 e. The van der Waals surface area contributed by atoms with E-state index in [4.69, 9.17) is 20.8 Å². The van der Waals surface area contributed by atoms with Crippen LogP contribution in [0.5, 0.6) is 5.75 Å². The van der Waals surface area contributed by atoms with Gasteiger partial charge in [0.15, 0.2) is 0 Å². The Morgan fingerprint density at radius 1 is 1.12 bits per heavy atom. The monoisotopic (exact) mass is 467 g/mol. The lowest BCUT2D eigenvalue weighted by atomic mass is 10.2. The van der Waals surface area contributed by atoms with Crippen LogP contribution in [0.1, 0.15) is 16.1 Å². The molecule has 0 spiro atoms. The van der Waals surface area contributed by atoms with E-state index in [1.54, 1.807) is 60.7 Å².